The van der Waals surface area contributed by atoms with E-state index < -0.39 is 0 Å². The van der Waals surface area contributed by atoms with E-state index in [-0.39, 0.29) is 11.9 Å². The van der Waals surface area contributed by atoms with Gasteiger partial charge in [-0.2, -0.15) is 0 Å². The van der Waals surface area contributed by atoms with Crippen molar-refractivity contribution >= 4 is 27.5 Å². The van der Waals surface area contributed by atoms with Crippen molar-refractivity contribution in [1.29, 1.82) is 0 Å². The van der Waals surface area contributed by atoms with E-state index in [1.54, 1.807) is 6.07 Å². The summed E-state index contributed by atoms with van der Waals surface area (Å²) in [5.41, 5.74) is 2.60. The summed E-state index contributed by atoms with van der Waals surface area (Å²) in [5.74, 6) is -0.234. The second-order valence-corrected chi connectivity index (χ2v) is 5.99. The molecule has 20 heavy (non-hydrogen) atoms. The molecule has 0 fully saturated rings. The van der Waals surface area contributed by atoms with Gasteiger partial charge in [-0.25, -0.2) is 4.39 Å². The van der Waals surface area contributed by atoms with Crippen LogP contribution in [0.25, 0.3) is 0 Å². The fraction of sp³-hybridized carbons (Fsp3) is 0.250. The number of rotatable bonds is 4. The fourth-order valence-electron chi connectivity index (χ4n) is 2.14. The monoisotopic (exact) mass is 355 g/mol. The third-order valence-corrected chi connectivity index (χ3v) is 4.11. The van der Waals surface area contributed by atoms with Gasteiger partial charge in [-0.05, 0) is 42.8 Å². The van der Waals surface area contributed by atoms with Crippen LogP contribution >= 0.6 is 27.5 Å². The van der Waals surface area contributed by atoms with Gasteiger partial charge in [-0.15, -0.1) is 0 Å². The minimum Gasteiger partial charge on any atom is -0.306 e. The Kier molecular flexibility index (Phi) is 5.19. The van der Waals surface area contributed by atoms with Gasteiger partial charge in [0, 0.05) is 15.1 Å². The molecule has 0 spiro atoms. The Morgan fingerprint density at radius 3 is 2.60 bits per heavy atom. The van der Waals surface area contributed by atoms with Crippen molar-refractivity contribution in [3.05, 3.63) is 68.4 Å². The molecule has 0 radical (unpaired) electrons. The molecule has 0 aromatic heterocycles. The molecule has 1 atom stereocenters. The summed E-state index contributed by atoms with van der Waals surface area (Å²) < 4.78 is 14.9. The summed E-state index contributed by atoms with van der Waals surface area (Å²) in [6.07, 6.45) is 0. The smallest absolute Gasteiger partial charge is 0.129 e. The van der Waals surface area contributed by atoms with Crippen molar-refractivity contribution < 1.29 is 4.39 Å². The van der Waals surface area contributed by atoms with Gasteiger partial charge in [0.2, 0.25) is 0 Å². The van der Waals surface area contributed by atoms with Crippen molar-refractivity contribution in [2.24, 2.45) is 0 Å². The highest BCUT2D eigenvalue weighted by atomic mass is 79.9. The highest BCUT2D eigenvalue weighted by Crippen LogP contribution is 2.29. The summed E-state index contributed by atoms with van der Waals surface area (Å²) in [5, 5.41) is 4.01. The molecule has 2 aromatic carbocycles. The molecule has 0 bridgehead atoms. The minimum atomic E-state index is -0.234. The molecule has 4 heteroatoms. The number of aryl methyl sites for hydroxylation is 1. The standard InChI is InChI=1S/C16H16BrClFN/c1-3-20-16(11-5-4-10(2)14(18)8-11)13-7-6-12(17)9-15(13)19/h4-9,16,20H,3H2,1-2H3. The summed E-state index contributed by atoms with van der Waals surface area (Å²) in [6, 6.07) is 10.8. The first-order valence-corrected chi connectivity index (χ1v) is 7.64. The van der Waals surface area contributed by atoms with Crippen LogP contribution in [-0.2, 0) is 0 Å². The Hall–Kier alpha value is -0.900. The zero-order valence-corrected chi connectivity index (χ0v) is 13.7. The summed E-state index contributed by atoms with van der Waals surface area (Å²) in [7, 11) is 0. The molecule has 0 saturated heterocycles. The van der Waals surface area contributed by atoms with Gasteiger partial charge in [0.05, 0.1) is 6.04 Å². The Labute approximate surface area is 132 Å². The van der Waals surface area contributed by atoms with Gasteiger partial charge in [0.15, 0.2) is 0 Å². The zero-order chi connectivity index (χ0) is 14.7. The maximum absolute atomic E-state index is 14.2. The first-order chi connectivity index (χ1) is 9.52. The average Bonchev–Trinajstić information content (AvgIpc) is 2.40. The van der Waals surface area contributed by atoms with E-state index in [1.807, 2.05) is 38.1 Å². The number of hydrogen-bond donors (Lipinski definition) is 1. The summed E-state index contributed by atoms with van der Waals surface area (Å²) in [4.78, 5) is 0. The van der Waals surface area contributed by atoms with E-state index in [0.717, 1.165) is 22.1 Å². The van der Waals surface area contributed by atoms with Crippen molar-refractivity contribution in [3.63, 3.8) is 0 Å². The van der Waals surface area contributed by atoms with E-state index in [2.05, 4.69) is 21.2 Å². The predicted molar refractivity (Wildman–Crippen MR) is 85.8 cm³/mol. The van der Waals surface area contributed by atoms with Crippen LogP contribution in [-0.4, -0.2) is 6.54 Å². The third-order valence-electron chi connectivity index (χ3n) is 3.21. The van der Waals surface area contributed by atoms with Crippen molar-refractivity contribution in [1.82, 2.24) is 5.32 Å². The Bertz CT molecular complexity index is 615. The van der Waals surface area contributed by atoms with Crippen LogP contribution in [0.15, 0.2) is 40.9 Å². The second-order valence-electron chi connectivity index (χ2n) is 4.67. The molecular formula is C16H16BrClFN. The molecule has 106 valence electrons. The third kappa shape index (κ3) is 3.40. The minimum absolute atomic E-state index is 0.203. The van der Waals surface area contributed by atoms with Crippen molar-refractivity contribution in [2.75, 3.05) is 6.54 Å². The van der Waals surface area contributed by atoms with E-state index in [9.17, 15) is 4.39 Å². The molecule has 1 nitrogen and oxygen atoms in total. The molecule has 2 rings (SSSR count). The summed E-state index contributed by atoms with van der Waals surface area (Å²) >= 11 is 9.46. The van der Waals surface area contributed by atoms with Crippen molar-refractivity contribution in [2.45, 2.75) is 19.9 Å². The molecular weight excluding hydrogens is 341 g/mol. The van der Waals surface area contributed by atoms with Crippen LogP contribution in [0.4, 0.5) is 4.39 Å². The highest BCUT2D eigenvalue weighted by Gasteiger charge is 2.17. The van der Waals surface area contributed by atoms with Crippen LogP contribution < -0.4 is 5.32 Å². The van der Waals surface area contributed by atoms with Gasteiger partial charge in [-0.3, -0.25) is 0 Å². The van der Waals surface area contributed by atoms with Crippen molar-refractivity contribution in [3.8, 4) is 0 Å². The lowest BCUT2D eigenvalue weighted by Gasteiger charge is -2.20. The molecule has 0 aliphatic rings. The molecule has 0 aliphatic heterocycles. The van der Waals surface area contributed by atoms with Crippen LogP contribution in [0.1, 0.15) is 29.7 Å². The van der Waals surface area contributed by atoms with Gasteiger partial charge in [0.25, 0.3) is 0 Å². The van der Waals surface area contributed by atoms with Gasteiger partial charge < -0.3 is 5.32 Å². The Morgan fingerprint density at radius 2 is 2.00 bits per heavy atom. The van der Waals surface area contributed by atoms with Crippen LogP contribution in [0.3, 0.4) is 0 Å². The maximum Gasteiger partial charge on any atom is 0.129 e. The highest BCUT2D eigenvalue weighted by molar-refractivity contribution is 9.10. The van der Waals surface area contributed by atoms with Crippen LogP contribution in [0.5, 0.6) is 0 Å². The lowest BCUT2D eigenvalue weighted by atomic mass is 9.97. The predicted octanol–water partition coefficient (Wildman–Crippen LogP) is 5.25. The number of hydrogen-bond acceptors (Lipinski definition) is 1. The molecule has 1 N–H and O–H groups in total. The summed E-state index contributed by atoms with van der Waals surface area (Å²) in [6.45, 7) is 4.69. The molecule has 1 unspecified atom stereocenters. The SMILES string of the molecule is CCNC(c1ccc(C)c(Cl)c1)c1ccc(Br)cc1F. The molecule has 0 heterocycles. The van der Waals surface area contributed by atoms with E-state index in [4.69, 9.17) is 11.6 Å². The van der Waals surface area contributed by atoms with E-state index in [0.29, 0.717) is 10.6 Å². The lowest BCUT2D eigenvalue weighted by molar-refractivity contribution is 0.558. The number of benzene rings is 2. The van der Waals surface area contributed by atoms with Crippen LogP contribution in [0, 0.1) is 12.7 Å². The largest absolute Gasteiger partial charge is 0.306 e. The quantitative estimate of drug-likeness (QED) is 0.789. The first-order valence-electron chi connectivity index (χ1n) is 6.47. The van der Waals surface area contributed by atoms with Gasteiger partial charge >= 0.3 is 0 Å². The molecule has 0 amide bonds. The zero-order valence-electron chi connectivity index (χ0n) is 11.4. The van der Waals surface area contributed by atoms with Gasteiger partial charge in [0.1, 0.15) is 5.82 Å². The fourth-order valence-corrected chi connectivity index (χ4v) is 2.66. The maximum atomic E-state index is 14.2. The Balaban J connectivity index is 2.47. The average molecular weight is 357 g/mol. The molecule has 0 saturated carbocycles. The molecule has 0 aliphatic carbocycles. The Morgan fingerprint density at radius 1 is 1.25 bits per heavy atom. The lowest BCUT2D eigenvalue weighted by Crippen LogP contribution is -2.23. The molecule has 2 aromatic rings. The normalized spacial score (nSPS) is 12.4. The first kappa shape index (κ1) is 15.5. The van der Waals surface area contributed by atoms with Gasteiger partial charge in [-0.1, -0.05) is 52.7 Å². The number of halogens is 3. The topological polar surface area (TPSA) is 12.0 Å². The second kappa shape index (κ2) is 6.70. The number of nitrogens with one attached hydrogen (secondary N) is 1. The van der Waals surface area contributed by atoms with E-state index in [1.165, 1.54) is 6.07 Å². The van der Waals surface area contributed by atoms with E-state index >= 15 is 0 Å². The van der Waals surface area contributed by atoms with Crippen LogP contribution in [0.2, 0.25) is 5.02 Å².